The van der Waals surface area contributed by atoms with Gasteiger partial charge in [0, 0.05) is 31.8 Å². The van der Waals surface area contributed by atoms with Crippen LogP contribution in [0.4, 0.5) is 0 Å². The van der Waals surface area contributed by atoms with Gasteiger partial charge < -0.3 is 20.7 Å². The van der Waals surface area contributed by atoms with Crippen LogP contribution in [0, 0.1) is 0 Å². The lowest BCUT2D eigenvalue weighted by Gasteiger charge is -2.21. The Hall–Kier alpha value is -1.91. The molecule has 0 radical (unpaired) electrons. The molecule has 0 aliphatic carbocycles. The van der Waals surface area contributed by atoms with E-state index in [1.54, 1.807) is 0 Å². The van der Waals surface area contributed by atoms with E-state index < -0.39 is 0 Å². The largest absolute Gasteiger partial charge is 0.391 e. The van der Waals surface area contributed by atoms with Crippen LogP contribution in [0.5, 0.6) is 0 Å². The van der Waals surface area contributed by atoms with Gasteiger partial charge in [0.15, 0.2) is 0 Å². The van der Waals surface area contributed by atoms with E-state index in [2.05, 4.69) is 47.3 Å². The molecule has 1 aromatic rings. The van der Waals surface area contributed by atoms with Crippen molar-refractivity contribution in [3.63, 3.8) is 0 Å². The molecule has 4 heteroatoms. The zero-order valence-electron chi connectivity index (χ0n) is 17.9. The maximum atomic E-state index is 10.7. The van der Waals surface area contributed by atoms with Crippen molar-refractivity contribution in [3.8, 4) is 0 Å². The summed E-state index contributed by atoms with van der Waals surface area (Å²) in [7, 11) is 3.88. The summed E-state index contributed by atoms with van der Waals surface area (Å²) in [6.07, 6.45) is 11.7. The first kappa shape index (κ1) is 24.1. The zero-order valence-corrected chi connectivity index (χ0v) is 17.9. The highest BCUT2D eigenvalue weighted by Crippen LogP contribution is 2.17. The SMILES string of the molecule is C=Cc1ccc(CCCCCCCNC)cc1CNC(CCC=O)C(=C)NC. The molecule has 0 fully saturated rings. The Morgan fingerprint density at radius 3 is 2.57 bits per heavy atom. The molecule has 1 atom stereocenters. The molecule has 0 saturated carbocycles. The van der Waals surface area contributed by atoms with Gasteiger partial charge in [-0.2, -0.15) is 0 Å². The highest BCUT2D eigenvalue weighted by Gasteiger charge is 2.12. The summed E-state index contributed by atoms with van der Waals surface area (Å²) in [6.45, 7) is 9.87. The standard InChI is InChI=1S/C24H39N3O/c1-5-22-15-14-21(12-9-7-6-8-10-16-25-3)18-23(22)19-27-24(13-11-17-28)20(2)26-4/h5,14-15,17-18,24-27H,1-2,6-13,16,19H2,3-4H3. The second-order valence-corrected chi connectivity index (χ2v) is 7.31. The van der Waals surface area contributed by atoms with Crippen LogP contribution in [0.25, 0.3) is 6.08 Å². The lowest BCUT2D eigenvalue weighted by atomic mass is 9.99. The molecule has 0 saturated heterocycles. The van der Waals surface area contributed by atoms with Crippen molar-refractivity contribution in [1.82, 2.24) is 16.0 Å². The molecule has 1 rings (SSSR count). The summed E-state index contributed by atoms with van der Waals surface area (Å²) in [5.41, 5.74) is 4.71. The first-order chi connectivity index (χ1) is 13.7. The topological polar surface area (TPSA) is 53.2 Å². The second kappa shape index (κ2) is 15.1. The van der Waals surface area contributed by atoms with Crippen molar-refractivity contribution in [2.45, 2.75) is 64.0 Å². The van der Waals surface area contributed by atoms with Gasteiger partial charge >= 0.3 is 0 Å². The van der Waals surface area contributed by atoms with E-state index >= 15 is 0 Å². The van der Waals surface area contributed by atoms with Crippen molar-refractivity contribution in [2.24, 2.45) is 0 Å². The Balaban J connectivity index is 2.59. The Morgan fingerprint density at radius 1 is 1.14 bits per heavy atom. The molecule has 1 aromatic carbocycles. The molecule has 156 valence electrons. The molecule has 0 spiro atoms. The fraction of sp³-hybridized carbons (Fsp3) is 0.542. The number of rotatable bonds is 17. The molecule has 0 aromatic heterocycles. The van der Waals surface area contributed by atoms with E-state index in [-0.39, 0.29) is 6.04 Å². The van der Waals surface area contributed by atoms with Gasteiger partial charge in [0.2, 0.25) is 0 Å². The van der Waals surface area contributed by atoms with Gasteiger partial charge in [-0.25, -0.2) is 0 Å². The molecule has 0 bridgehead atoms. The highest BCUT2D eigenvalue weighted by molar-refractivity contribution is 5.53. The molecule has 28 heavy (non-hydrogen) atoms. The maximum Gasteiger partial charge on any atom is 0.120 e. The number of likely N-dealkylation sites (N-methyl/N-ethyl adjacent to an activating group) is 1. The number of hydrogen-bond donors (Lipinski definition) is 3. The number of carbonyl (C=O) groups is 1. The fourth-order valence-electron chi connectivity index (χ4n) is 3.37. The second-order valence-electron chi connectivity index (χ2n) is 7.31. The molecule has 0 aliphatic rings. The van der Waals surface area contributed by atoms with Crippen LogP contribution in [-0.2, 0) is 17.8 Å². The van der Waals surface area contributed by atoms with Gasteiger partial charge in [-0.15, -0.1) is 0 Å². The third-order valence-corrected chi connectivity index (χ3v) is 5.17. The summed E-state index contributed by atoms with van der Waals surface area (Å²) in [5, 5.41) is 9.85. The number of benzene rings is 1. The van der Waals surface area contributed by atoms with Gasteiger partial charge in [-0.3, -0.25) is 0 Å². The van der Waals surface area contributed by atoms with Gasteiger partial charge in [0.05, 0.1) is 0 Å². The predicted molar refractivity (Wildman–Crippen MR) is 121 cm³/mol. The first-order valence-electron chi connectivity index (χ1n) is 10.6. The monoisotopic (exact) mass is 385 g/mol. The zero-order chi connectivity index (χ0) is 20.6. The number of hydrogen-bond acceptors (Lipinski definition) is 4. The lowest BCUT2D eigenvalue weighted by Crippen LogP contribution is -2.35. The molecule has 0 heterocycles. The normalized spacial score (nSPS) is 11.8. The van der Waals surface area contributed by atoms with Gasteiger partial charge in [0.1, 0.15) is 6.29 Å². The number of aryl methyl sites for hydroxylation is 1. The molecule has 3 N–H and O–H groups in total. The summed E-state index contributed by atoms with van der Waals surface area (Å²) in [5.74, 6) is 0. The van der Waals surface area contributed by atoms with E-state index in [1.807, 2.05) is 20.2 Å². The fourth-order valence-corrected chi connectivity index (χ4v) is 3.37. The number of unbranched alkanes of at least 4 members (excludes halogenated alkanes) is 4. The average Bonchev–Trinajstić information content (AvgIpc) is 2.72. The number of carbonyl (C=O) groups excluding carboxylic acids is 1. The van der Waals surface area contributed by atoms with Crippen LogP contribution in [0.1, 0.15) is 61.6 Å². The van der Waals surface area contributed by atoms with Crippen LogP contribution in [0.3, 0.4) is 0 Å². The molecule has 1 unspecified atom stereocenters. The van der Waals surface area contributed by atoms with Crippen LogP contribution >= 0.6 is 0 Å². The van der Waals surface area contributed by atoms with E-state index in [1.165, 1.54) is 43.2 Å². The van der Waals surface area contributed by atoms with Crippen molar-refractivity contribution in [2.75, 3.05) is 20.6 Å². The molecular weight excluding hydrogens is 346 g/mol. The smallest absolute Gasteiger partial charge is 0.120 e. The summed E-state index contributed by atoms with van der Waals surface area (Å²) >= 11 is 0. The number of nitrogens with one attached hydrogen (secondary N) is 3. The molecular formula is C24H39N3O. The van der Waals surface area contributed by atoms with Crippen LogP contribution < -0.4 is 16.0 Å². The average molecular weight is 386 g/mol. The van der Waals surface area contributed by atoms with E-state index in [4.69, 9.17) is 0 Å². The van der Waals surface area contributed by atoms with Crippen molar-refractivity contribution < 1.29 is 4.79 Å². The van der Waals surface area contributed by atoms with Crippen molar-refractivity contribution in [3.05, 3.63) is 53.7 Å². The highest BCUT2D eigenvalue weighted by atomic mass is 16.1. The Labute approximate surface area is 171 Å². The van der Waals surface area contributed by atoms with Crippen LogP contribution in [0.15, 0.2) is 37.1 Å². The minimum absolute atomic E-state index is 0.0779. The van der Waals surface area contributed by atoms with Crippen LogP contribution in [0.2, 0.25) is 0 Å². The minimum Gasteiger partial charge on any atom is -0.391 e. The quantitative estimate of drug-likeness (QED) is 0.278. The Morgan fingerprint density at radius 2 is 1.89 bits per heavy atom. The van der Waals surface area contributed by atoms with E-state index in [0.717, 1.165) is 43.5 Å². The summed E-state index contributed by atoms with van der Waals surface area (Å²) < 4.78 is 0. The molecule has 4 nitrogen and oxygen atoms in total. The molecule has 0 aliphatic heterocycles. The summed E-state index contributed by atoms with van der Waals surface area (Å²) in [4.78, 5) is 10.7. The first-order valence-corrected chi connectivity index (χ1v) is 10.6. The van der Waals surface area contributed by atoms with Gasteiger partial charge in [0.25, 0.3) is 0 Å². The van der Waals surface area contributed by atoms with Crippen LogP contribution in [-0.4, -0.2) is 33.0 Å². The van der Waals surface area contributed by atoms with E-state index in [0.29, 0.717) is 6.42 Å². The molecule has 0 amide bonds. The Kier molecular flexibility index (Phi) is 13.0. The summed E-state index contributed by atoms with van der Waals surface area (Å²) in [6, 6.07) is 6.76. The van der Waals surface area contributed by atoms with Gasteiger partial charge in [-0.05, 0) is 56.0 Å². The minimum atomic E-state index is 0.0779. The third kappa shape index (κ3) is 9.34. The predicted octanol–water partition coefficient (Wildman–Crippen LogP) is 4.21. The Bertz CT molecular complexity index is 598. The van der Waals surface area contributed by atoms with Crippen molar-refractivity contribution in [1.29, 1.82) is 0 Å². The number of aldehydes is 1. The maximum absolute atomic E-state index is 10.7. The lowest BCUT2D eigenvalue weighted by molar-refractivity contribution is -0.108. The van der Waals surface area contributed by atoms with Gasteiger partial charge in [-0.1, -0.05) is 56.7 Å². The van der Waals surface area contributed by atoms with Crippen molar-refractivity contribution >= 4 is 12.4 Å². The third-order valence-electron chi connectivity index (χ3n) is 5.17. The van der Waals surface area contributed by atoms with E-state index in [9.17, 15) is 4.79 Å².